The number of thioether (sulfide) groups is 1. The minimum Gasteiger partial charge on any atom is -0.323 e. The summed E-state index contributed by atoms with van der Waals surface area (Å²) in [5, 5.41) is 6.76. The number of hydrogen-bond acceptors (Lipinski definition) is 4. The van der Waals surface area contributed by atoms with Crippen molar-refractivity contribution in [1.82, 2.24) is 10.2 Å². The molecule has 0 aromatic carbocycles. The Labute approximate surface area is 114 Å². The van der Waals surface area contributed by atoms with Crippen molar-refractivity contribution in [2.24, 2.45) is 4.99 Å². The molecule has 2 rings (SSSR count). The van der Waals surface area contributed by atoms with Gasteiger partial charge < -0.3 is 10.2 Å². The van der Waals surface area contributed by atoms with E-state index in [0.29, 0.717) is 0 Å². The van der Waals surface area contributed by atoms with Gasteiger partial charge in [-0.25, -0.2) is 4.99 Å². The fourth-order valence-corrected chi connectivity index (χ4v) is 2.95. The summed E-state index contributed by atoms with van der Waals surface area (Å²) in [6.07, 6.45) is 7.16. The molecule has 100 valence electrons. The van der Waals surface area contributed by atoms with Crippen LogP contribution in [0.2, 0.25) is 0 Å². The van der Waals surface area contributed by atoms with Crippen molar-refractivity contribution in [3.8, 4) is 0 Å². The van der Waals surface area contributed by atoms with Gasteiger partial charge in [0.15, 0.2) is 5.17 Å². The van der Waals surface area contributed by atoms with Crippen LogP contribution in [0.5, 0.6) is 0 Å². The van der Waals surface area contributed by atoms with Crippen molar-refractivity contribution < 1.29 is 0 Å². The molecule has 1 N–H and O–H groups in total. The summed E-state index contributed by atoms with van der Waals surface area (Å²) in [5.74, 6) is 0. The van der Waals surface area contributed by atoms with Crippen molar-refractivity contribution >= 4 is 16.9 Å². The SMILES string of the molecule is CCCCCNCCC1=C(C)N=C2SC=CN2C1. The molecule has 2 heterocycles. The predicted molar refractivity (Wildman–Crippen MR) is 80.6 cm³/mol. The third-order valence-electron chi connectivity index (χ3n) is 3.36. The number of allylic oxidation sites excluding steroid dienone is 1. The summed E-state index contributed by atoms with van der Waals surface area (Å²) in [7, 11) is 0. The lowest BCUT2D eigenvalue weighted by atomic mass is 10.1. The quantitative estimate of drug-likeness (QED) is 0.716. The lowest BCUT2D eigenvalue weighted by molar-refractivity contribution is 0.566. The molecule has 0 aliphatic carbocycles. The van der Waals surface area contributed by atoms with Gasteiger partial charge in [-0.3, -0.25) is 0 Å². The second kappa shape index (κ2) is 7.00. The van der Waals surface area contributed by atoms with E-state index in [1.165, 1.54) is 30.5 Å². The monoisotopic (exact) mass is 265 g/mol. The average Bonchev–Trinajstić information content (AvgIpc) is 2.80. The summed E-state index contributed by atoms with van der Waals surface area (Å²) >= 11 is 1.72. The van der Waals surface area contributed by atoms with Crippen molar-refractivity contribution in [3.05, 3.63) is 22.9 Å². The molecule has 0 radical (unpaired) electrons. The molecule has 0 unspecified atom stereocenters. The van der Waals surface area contributed by atoms with Crippen LogP contribution in [0.4, 0.5) is 0 Å². The van der Waals surface area contributed by atoms with Gasteiger partial charge in [-0.2, -0.15) is 0 Å². The Balaban J connectivity index is 1.72. The third-order valence-corrected chi connectivity index (χ3v) is 4.15. The van der Waals surface area contributed by atoms with E-state index in [9.17, 15) is 0 Å². The first-order chi connectivity index (χ1) is 8.81. The molecule has 0 spiro atoms. The van der Waals surface area contributed by atoms with Crippen LogP contribution in [0.3, 0.4) is 0 Å². The van der Waals surface area contributed by atoms with E-state index < -0.39 is 0 Å². The fraction of sp³-hybridized carbons (Fsp3) is 0.643. The second-order valence-corrected chi connectivity index (χ2v) is 5.69. The summed E-state index contributed by atoms with van der Waals surface area (Å²) in [6.45, 7) is 7.62. The number of nitrogens with zero attached hydrogens (tertiary/aromatic N) is 2. The molecule has 4 heteroatoms. The molecule has 0 saturated carbocycles. The van der Waals surface area contributed by atoms with Gasteiger partial charge in [0.05, 0.1) is 0 Å². The Morgan fingerprint density at radius 3 is 3.11 bits per heavy atom. The van der Waals surface area contributed by atoms with E-state index >= 15 is 0 Å². The molecule has 0 fully saturated rings. The lowest BCUT2D eigenvalue weighted by Crippen LogP contribution is -2.28. The van der Waals surface area contributed by atoms with Crippen LogP contribution < -0.4 is 5.32 Å². The molecule has 2 aliphatic rings. The number of unbranched alkanes of at least 4 members (excludes halogenated alkanes) is 2. The average molecular weight is 265 g/mol. The van der Waals surface area contributed by atoms with Crippen LogP contribution in [-0.2, 0) is 0 Å². The molecule has 0 aromatic rings. The van der Waals surface area contributed by atoms with E-state index in [1.54, 1.807) is 11.8 Å². The van der Waals surface area contributed by atoms with Gasteiger partial charge in [-0.05, 0) is 43.8 Å². The van der Waals surface area contributed by atoms with Crippen LogP contribution in [0.15, 0.2) is 27.9 Å². The normalized spacial score (nSPS) is 18.3. The van der Waals surface area contributed by atoms with Gasteiger partial charge in [-0.1, -0.05) is 31.5 Å². The lowest BCUT2D eigenvalue weighted by Gasteiger charge is -2.24. The second-order valence-electron chi connectivity index (χ2n) is 4.82. The molecular formula is C14H23N3S. The highest BCUT2D eigenvalue weighted by Crippen LogP contribution is 2.27. The van der Waals surface area contributed by atoms with E-state index in [1.807, 2.05) is 0 Å². The van der Waals surface area contributed by atoms with Gasteiger partial charge in [0.2, 0.25) is 0 Å². The summed E-state index contributed by atoms with van der Waals surface area (Å²) in [6, 6.07) is 0. The van der Waals surface area contributed by atoms with Crippen LogP contribution in [-0.4, -0.2) is 29.7 Å². The first kappa shape index (κ1) is 13.7. The molecule has 0 atom stereocenters. The number of amidine groups is 1. The molecule has 2 aliphatic heterocycles. The van der Waals surface area contributed by atoms with Crippen LogP contribution >= 0.6 is 11.8 Å². The van der Waals surface area contributed by atoms with Gasteiger partial charge in [0.25, 0.3) is 0 Å². The molecule has 18 heavy (non-hydrogen) atoms. The zero-order valence-electron chi connectivity index (χ0n) is 11.4. The minimum absolute atomic E-state index is 1.02. The van der Waals surface area contributed by atoms with Crippen LogP contribution in [0.25, 0.3) is 0 Å². The predicted octanol–water partition coefficient (Wildman–Crippen LogP) is 3.32. The molecular weight excluding hydrogens is 242 g/mol. The van der Waals surface area contributed by atoms with Crippen molar-refractivity contribution in [3.63, 3.8) is 0 Å². The Hall–Kier alpha value is -0.740. The van der Waals surface area contributed by atoms with Crippen molar-refractivity contribution in [2.75, 3.05) is 19.6 Å². The standard InChI is InChI=1S/C14H23N3S/c1-3-4-5-7-15-8-6-13-11-17-9-10-18-14(17)16-12(13)2/h9-10,15H,3-8,11H2,1-2H3. The number of nitrogens with one attached hydrogen (secondary N) is 1. The number of aliphatic imine (C=N–C) groups is 1. The maximum atomic E-state index is 4.65. The first-order valence-corrected chi connectivity index (χ1v) is 7.77. The third kappa shape index (κ3) is 3.62. The topological polar surface area (TPSA) is 27.6 Å². The highest BCUT2D eigenvalue weighted by Gasteiger charge is 2.21. The van der Waals surface area contributed by atoms with Gasteiger partial charge in [-0.15, -0.1) is 0 Å². The Morgan fingerprint density at radius 1 is 1.39 bits per heavy atom. The highest BCUT2D eigenvalue weighted by molar-refractivity contribution is 8.16. The smallest absolute Gasteiger partial charge is 0.172 e. The summed E-state index contributed by atoms with van der Waals surface area (Å²) in [4.78, 5) is 6.89. The molecule has 0 amide bonds. The number of rotatable bonds is 7. The Bertz CT molecular complexity index is 371. The molecule has 3 nitrogen and oxygen atoms in total. The molecule has 0 saturated heterocycles. The zero-order chi connectivity index (χ0) is 12.8. The van der Waals surface area contributed by atoms with Crippen molar-refractivity contribution in [1.29, 1.82) is 0 Å². The van der Waals surface area contributed by atoms with E-state index in [2.05, 4.69) is 40.7 Å². The minimum atomic E-state index is 1.02. The van der Waals surface area contributed by atoms with Gasteiger partial charge in [0, 0.05) is 18.4 Å². The van der Waals surface area contributed by atoms with E-state index in [0.717, 1.165) is 31.2 Å². The van der Waals surface area contributed by atoms with Gasteiger partial charge in [0.1, 0.15) is 0 Å². The van der Waals surface area contributed by atoms with E-state index in [4.69, 9.17) is 0 Å². The summed E-state index contributed by atoms with van der Waals surface area (Å²) in [5.41, 5.74) is 2.68. The fourth-order valence-electron chi connectivity index (χ4n) is 2.17. The van der Waals surface area contributed by atoms with Gasteiger partial charge >= 0.3 is 0 Å². The highest BCUT2D eigenvalue weighted by atomic mass is 32.2. The summed E-state index contributed by atoms with van der Waals surface area (Å²) < 4.78 is 0. The first-order valence-electron chi connectivity index (χ1n) is 6.89. The largest absolute Gasteiger partial charge is 0.323 e. The van der Waals surface area contributed by atoms with Crippen LogP contribution in [0.1, 0.15) is 39.5 Å². The Kier molecular flexibility index (Phi) is 5.32. The molecule has 0 aromatic heterocycles. The number of hydrogen-bond donors (Lipinski definition) is 1. The molecule has 0 bridgehead atoms. The maximum Gasteiger partial charge on any atom is 0.172 e. The maximum absolute atomic E-state index is 4.65. The van der Waals surface area contributed by atoms with Crippen LogP contribution in [0, 0.1) is 0 Å². The zero-order valence-corrected chi connectivity index (χ0v) is 12.2. The van der Waals surface area contributed by atoms with Crippen molar-refractivity contribution in [2.45, 2.75) is 39.5 Å². The number of fused-ring (bicyclic) bond motifs is 1. The Morgan fingerprint density at radius 2 is 2.28 bits per heavy atom. The van der Waals surface area contributed by atoms with E-state index in [-0.39, 0.29) is 0 Å².